The number of esters is 1. The first-order valence-electron chi connectivity index (χ1n) is 4.27. The highest BCUT2D eigenvalue weighted by Crippen LogP contribution is 2.08. The minimum absolute atomic E-state index is 0.361. The van der Waals surface area contributed by atoms with Gasteiger partial charge in [0.2, 0.25) is 0 Å². The molecule has 0 radical (unpaired) electrons. The lowest BCUT2D eigenvalue weighted by Crippen LogP contribution is -2.40. The maximum absolute atomic E-state index is 11.3. The second kappa shape index (κ2) is 4.94. The Labute approximate surface area is 86.0 Å². The van der Waals surface area contributed by atoms with Gasteiger partial charge in [-0.1, -0.05) is 18.2 Å². The van der Waals surface area contributed by atoms with Crippen molar-refractivity contribution in [2.45, 2.75) is 13.0 Å². The second-order valence-electron chi connectivity index (χ2n) is 2.84. The molecule has 1 aromatic carbocycles. The molecule has 0 fully saturated rings. The van der Waals surface area contributed by atoms with Crippen molar-refractivity contribution in [2.75, 3.05) is 0 Å². The summed E-state index contributed by atoms with van der Waals surface area (Å²) in [5.41, 5.74) is 1.81. The second-order valence-corrected chi connectivity index (χ2v) is 2.84. The number of nitrogens with one attached hydrogen (secondary N) is 1. The molecular weight excluding hydrogens is 200 g/mol. The predicted molar refractivity (Wildman–Crippen MR) is 51.7 cm³/mol. The zero-order valence-electron chi connectivity index (χ0n) is 8.04. The Morgan fingerprint density at radius 2 is 2.07 bits per heavy atom. The monoisotopic (exact) mass is 210 g/mol. The third-order valence-corrected chi connectivity index (χ3v) is 1.61. The van der Waals surface area contributed by atoms with Gasteiger partial charge in [0.1, 0.15) is 5.75 Å². The molecule has 1 atom stereocenters. The summed E-state index contributed by atoms with van der Waals surface area (Å²) in [6.07, 6.45) is 0. The smallest absolute Gasteiger partial charge is 0.339 e. The van der Waals surface area contributed by atoms with E-state index in [4.69, 9.17) is 4.74 Å². The highest BCUT2D eigenvalue weighted by atomic mass is 16.7. The van der Waals surface area contributed by atoms with E-state index in [0.29, 0.717) is 5.75 Å². The van der Waals surface area contributed by atoms with Crippen LogP contribution in [0, 0.1) is 10.1 Å². The SMILES string of the molecule is C[C@H](N[N+](=O)[O-])C(=O)Oc1ccccc1. The summed E-state index contributed by atoms with van der Waals surface area (Å²) < 4.78 is 4.87. The predicted octanol–water partition coefficient (Wildman–Crippen LogP) is 0.762. The molecular formula is C9H10N2O4. The van der Waals surface area contributed by atoms with Gasteiger partial charge in [-0.3, -0.25) is 0 Å². The van der Waals surface area contributed by atoms with Crippen molar-refractivity contribution in [3.63, 3.8) is 0 Å². The van der Waals surface area contributed by atoms with Crippen molar-refractivity contribution < 1.29 is 14.6 Å². The number of nitro groups is 1. The molecule has 0 aliphatic rings. The molecule has 0 bridgehead atoms. The summed E-state index contributed by atoms with van der Waals surface area (Å²) in [5, 5.41) is 9.27. The molecule has 0 spiro atoms. The van der Waals surface area contributed by atoms with Crippen molar-refractivity contribution in [2.24, 2.45) is 0 Å². The fourth-order valence-corrected chi connectivity index (χ4v) is 0.904. The molecule has 0 saturated carbocycles. The van der Waals surface area contributed by atoms with Crippen molar-refractivity contribution in [1.29, 1.82) is 0 Å². The van der Waals surface area contributed by atoms with E-state index in [1.807, 2.05) is 5.43 Å². The third kappa shape index (κ3) is 3.63. The summed E-state index contributed by atoms with van der Waals surface area (Å²) in [6.45, 7) is 1.36. The molecule has 0 aliphatic carbocycles. The van der Waals surface area contributed by atoms with Gasteiger partial charge in [-0.15, -0.1) is 5.43 Å². The van der Waals surface area contributed by atoms with Crippen LogP contribution in [0.15, 0.2) is 30.3 Å². The molecule has 1 rings (SSSR count). The first-order chi connectivity index (χ1) is 7.09. The average Bonchev–Trinajstić information content (AvgIpc) is 2.18. The molecule has 0 aromatic heterocycles. The Bertz CT molecular complexity index is 352. The van der Waals surface area contributed by atoms with E-state index in [-0.39, 0.29) is 0 Å². The zero-order valence-corrected chi connectivity index (χ0v) is 8.04. The van der Waals surface area contributed by atoms with Gasteiger partial charge < -0.3 is 4.74 Å². The van der Waals surface area contributed by atoms with Gasteiger partial charge in [-0.05, 0) is 19.1 Å². The standard InChI is InChI=1S/C9H10N2O4/c1-7(10-11(13)14)9(12)15-8-5-3-2-4-6-8/h2-7,10H,1H3/t7-/m0/s1. The van der Waals surface area contributed by atoms with Crippen LogP contribution in [0.25, 0.3) is 0 Å². The number of hydrogen-bond acceptors (Lipinski definition) is 4. The molecule has 0 unspecified atom stereocenters. The van der Waals surface area contributed by atoms with Crippen molar-refractivity contribution in [3.05, 3.63) is 40.4 Å². The molecule has 0 saturated heterocycles. The van der Waals surface area contributed by atoms with E-state index < -0.39 is 17.0 Å². The van der Waals surface area contributed by atoms with E-state index in [1.165, 1.54) is 6.92 Å². The number of hydrazine groups is 1. The molecule has 15 heavy (non-hydrogen) atoms. The highest BCUT2D eigenvalue weighted by molar-refractivity contribution is 5.77. The molecule has 6 heteroatoms. The number of ether oxygens (including phenoxy) is 1. The van der Waals surface area contributed by atoms with Gasteiger partial charge in [-0.2, -0.15) is 0 Å². The summed E-state index contributed by atoms with van der Waals surface area (Å²) in [7, 11) is 0. The third-order valence-electron chi connectivity index (χ3n) is 1.61. The van der Waals surface area contributed by atoms with Gasteiger partial charge in [0.25, 0.3) is 0 Å². The summed E-state index contributed by atoms with van der Waals surface area (Å²) in [6, 6.07) is 7.38. The van der Waals surface area contributed by atoms with E-state index >= 15 is 0 Å². The largest absolute Gasteiger partial charge is 0.425 e. The average molecular weight is 210 g/mol. The van der Waals surface area contributed by atoms with E-state index in [0.717, 1.165) is 0 Å². The lowest BCUT2D eigenvalue weighted by Gasteiger charge is -2.07. The summed E-state index contributed by atoms with van der Waals surface area (Å²) >= 11 is 0. The van der Waals surface area contributed by atoms with Crippen LogP contribution < -0.4 is 10.2 Å². The Hall–Kier alpha value is -2.11. The normalized spacial score (nSPS) is 11.5. The minimum Gasteiger partial charge on any atom is -0.425 e. The molecule has 6 nitrogen and oxygen atoms in total. The number of carbonyl (C=O) groups excluding carboxylic acids is 1. The van der Waals surface area contributed by atoms with Crippen molar-refractivity contribution >= 4 is 5.97 Å². The number of carbonyl (C=O) groups is 1. The van der Waals surface area contributed by atoms with E-state index in [2.05, 4.69) is 0 Å². The fourth-order valence-electron chi connectivity index (χ4n) is 0.904. The minimum atomic E-state index is -0.986. The summed E-state index contributed by atoms with van der Waals surface area (Å²) in [4.78, 5) is 21.3. The van der Waals surface area contributed by atoms with E-state index in [1.54, 1.807) is 30.3 Å². The first-order valence-corrected chi connectivity index (χ1v) is 4.27. The van der Waals surface area contributed by atoms with Crippen LogP contribution in [0.2, 0.25) is 0 Å². The topological polar surface area (TPSA) is 81.5 Å². The van der Waals surface area contributed by atoms with Crippen LogP contribution in [-0.2, 0) is 4.79 Å². The van der Waals surface area contributed by atoms with Crippen LogP contribution in [0.5, 0.6) is 5.75 Å². The zero-order chi connectivity index (χ0) is 11.3. The molecule has 1 N–H and O–H groups in total. The van der Waals surface area contributed by atoms with Crippen molar-refractivity contribution in [3.8, 4) is 5.75 Å². The molecule has 0 heterocycles. The lowest BCUT2D eigenvalue weighted by atomic mass is 10.3. The van der Waals surface area contributed by atoms with Crippen LogP contribution in [0.4, 0.5) is 0 Å². The van der Waals surface area contributed by atoms with Gasteiger partial charge in [0, 0.05) is 0 Å². The van der Waals surface area contributed by atoms with Gasteiger partial charge in [0.15, 0.2) is 11.1 Å². The highest BCUT2D eigenvalue weighted by Gasteiger charge is 2.19. The fraction of sp³-hybridized carbons (Fsp3) is 0.222. The molecule has 0 aliphatic heterocycles. The molecule has 80 valence electrons. The Morgan fingerprint density at radius 3 is 2.60 bits per heavy atom. The Kier molecular flexibility index (Phi) is 3.61. The maximum Gasteiger partial charge on any atom is 0.339 e. The Balaban J connectivity index is 2.52. The first kappa shape index (κ1) is 11.0. The number of rotatable bonds is 4. The van der Waals surface area contributed by atoms with Crippen LogP contribution in [-0.4, -0.2) is 17.0 Å². The maximum atomic E-state index is 11.3. The number of para-hydroxylation sites is 1. The number of nitrogens with zero attached hydrogens (tertiary/aromatic N) is 1. The molecule has 0 amide bonds. The molecule has 1 aromatic rings. The van der Waals surface area contributed by atoms with Gasteiger partial charge >= 0.3 is 5.97 Å². The van der Waals surface area contributed by atoms with Crippen molar-refractivity contribution in [1.82, 2.24) is 5.43 Å². The Morgan fingerprint density at radius 1 is 1.47 bits per heavy atom. The van der Waals surface area contributed by atoms with Crippen LogP contribution >= 0.6 is 0 Å². The summed E-state index contributed by atoms with van der Waals surface area (Å²) in [5.74, 6) is -0.336. The number of benzene rings is 1. The van der Waals surface area contributed by atoms with Gasteiger partial charge in [0.05, 0.1) is 0 Å². The van der Waals surface area contributed by atoms with Crippen LogP contribution in [0.1, 0.15) is 6.92 Å². The van der Waals surface area contributed by atoms with Crippen LogP contribution in [0.3, 0.4) is 0 Å². The number of hydrogen-bond donors (Lipinski definition) is 1. The van der Waals surface area contributed by atoms with E-state index in [9.17, 15) is 14.9 Å². The quantitative estimate of drug-likeness (QED) is 0.343. The lowest BCUT2D eigenvalue weighted by molar-refractivity contribution is -0.548. The van der Waals surface area contributed by atoms with Gasteiger partial charge in [-0.25, -0.2) is 14.9 Å².